The van der Waals surface area contributed by atoms with Crippen molar-refractivity contribution in [2.45, 2.75) is 64.1 Å². The Balaban J connectivity index is 1.76. The third-order valence-corrected chi connectivity index (χ3v) is 4.22. The average molecular weight is 283 g/mol. The van der Waals surface area contributed by atoms with Gasteiger partial charge >= 0.3 is 6.09 Å². The monoisotopic (exact) mass is 283 g/mol. The molecule has 0 aromatic carbocycles. The highest BCUT2D eigenvalue weighted by molar-refractivity contribution is 5.68. The van der Waals surface area contributed by atoms with Crippen LogP contribution in [0, 0.1) is 0 Å². The van der Waals surface area contributed by atoms with Gasteiger partial charge in [-0.2, -0.15) is 0 Å². The Bertz CT molecular complexity index is 325. The van der Waals surface area contributed by atoms with E-state index >= 15 is 0 Å². The quantitative estimate of drug-likeness (QED) is 0.797. The van der Waals surface area contributed by atoms with Gasteiger partial charge in [0.15, 0.2) is 0 Å². The van der Waals surface area contributed by atoms with E-state index < -0.39 is 5.60 Å². The van der Waals surface area contributed by atoms with Crippen molar-refractivity contribution in [1.82, 2.24) is 9.80 Å². The number of hydrogen-bond donors (Lipinski definition) is 1. The first-order chi connectivity index (χ1) is 9.35. The van der Waals surface area contributed by atoms with Gasteiger partial charge in [-0.3, -0.25) is 4.90 Å². The molecular formula is C15H29N3O2. The highest BCUT2D eigenvalue weighted by Crippen LogP contribution is 2.23. The Morgan fingerprint density at radius 1 is 1.05 bits per heavy atom. The molecule has 0 bridgehead atoms. The molecule has 0 atom stereocenters. The SMILES string of the molecule is CC(C)(C)OC(=O)N1CCN(C2CCC(N)CC2)CC1. The summed E-state index contributed by atoms with van der Waals surface area (Å²) in [6.45, 7) is 9.19. The van der Waals surface area contributed by atoms with Crippen LogP contribution in [0.4, 0.5) is 4.79 Å². The third-order valence-electron chi connectivity index (χ3n) is 4.22. The number of hydrogen-bond acceptors (Lipinski definition) is 4. The Labute approximate surface area is 122 Å². The minimum absolute atomic E-state index is 0.178. The lowest BCUT2D eigenvalue weighted by Gasteiger charge is -2.41. The molecule has 0 radical (unpaired) electrons. The van der Waals surface area contributed by atoms with Crippen LogP contribution in [-0.4, -0.2) is 59.8 Å². The molecule has 1 heterocycles. The van der Waals surface area contributed by atoms with Crippen LogP contribution in [0.1, 0.15) is 46.5 Å². The summed E-state index contributed by atoms with van der Waals surface area (Å²) < 4.78 is 5.42. The van der Waals surface area contributed by atoms with Crippen molar-refractivity contribution in [2.75, 3.05) is 26.2 Å². The van der Waals surface area contributed by atoms with Gasteiger partial charge in [0, 0.05) is 38.3 Å². The van der Waals surface area contributed by atoms with Gasteiger partial charge in [-0.25, -0.2) is 4.79 Å². The second-order valence-electron chi connectivity index (χ2n) is 7.07. The first-order valence-electron chi connectivity index (χ1n) is 7.83. The second kappa shape index (κ2) is 6.31. The number of amides is 1. The molecule has 0 aromatic rings. The molecule has 2 fully saturated rings. The molecule has 1 aliphatic heterocycles. The zero-order chi connectivity index (χ0) is 14.8. The molecule has 2 aliphatic rings. The number of rotatable bonds is 1. The standard InChI is InChI=1S/C15H29N3O2/c1-15(2,3)20-14(19)18-10-8-17(9-11-18)13-6-4-12(16)5-7-13/h12-13H,4-11,16H2,1-3H3. The zero-order valence-electron chi connectivity index (χ0n) is 13.1. The van der Waals surface area contributed by atoms with E-state index in [0.717, 1.165) is 39.0 Å². The molecule has 5 nitrogen and oxygen atoms in total. The van der Waals surface area contributed by atoms with Crippen molar-refractivity contribution >= 4 is 6.09 Å². The maximum atomic E-state index is 12.0. The van der Waals surface area contributed by atoms with E-state index in [1.165, 1.54) is 12.8 Å². The molecule has 1 saturated carbocycles. The van der Waals surface area contributed by atoms with E-state index in [0.29, 0.717) is 12.1 Å². The van der Waals surface area contributed by atoms with Gasteiger partial charge in [-0.15, -0.1) is 0 Å². The second-order valence-corrected chi connectivity index (χ2v) is 7.07. The van der Waals surface area contributed by atoms with E-state index in [4.69, 9.17) is 10.5 Å². The summed E-state index contributed by atoms with van der Waals surface area (Å²) in [7, 11) is 0. The van der Waals surface area contributed by atoms with Crippen LogP contribution in [0.5, 0.6) is 0 Å². The predicted octanol–water partition coefficient (Wildman–Crippen LogP) is 1.81. The number of carbonyl (C=O) groups excluding carboxylic acids is 1. The normalized spacial score (nSPS) is 29.3. The van der Waals surface area contributed by atoms with Gasteiger partial charge < -0.3 is 15.4 Å². The van der Waals surface area contributed by atoms with Crippen LogP contribution in [0.15, 0.2) is 0 Å². The summed E-state index contributed by atoms with van der Waals surface area (Å²) >= 11 is 0. The van der Waals surface area contributed by atoms with E-state index in [1.807, 2.05) is 25.7 Å². The summed E-state index contributed by atoms with van der Waals surface area (Å²) in [4.78, 5) is 16.4. The lowest BCUT2D eigenvalue weighted by molar-refractivity contribution is 0.00795. The molecule has 0 spiro atoms. The molecule has 0 aromatic heterocycles. The van der Waals surface area contributed by atoms with Crippen molar-refractivity contribution < 1.29 is 9.53 Å². The van der Waals surface area contributed by atoms with Crippen LogP contribution in [0.3, 0.4) is 0 Å². The Hall–Kier alpha value is -0.810. The highest BCUT2D eigenvalue weighted by atomic mass is 16.6. The van der Waals surface area contributed by atoms with E-state index in [9.17, 15) is 4.79 Å². The average Bonchev–Trinajstić information content (AvgIpc) is 2.38. The molecule has 1 amide bonds. The van der Waals surface area contributed by atoms with Gasteiger partial charge in [-0.05, 0) is 46.5 Å². The molecule has 1 aliphatic carbocycles. The minimum Gasteiger partial charge on any atom is -0.444 e. The van der Waals surface area contributed by atoms with E-state index in [-0.39, 0.29) is 6.09 Å². The summed E-state index contributed by atoms with van der Waals surface area (Å²) in [5.41, 5.74) is 5.55. The van der Waals surface area contributed by atoms with Crippen molar-refractivity contribution in [3.63, 3.8) is 0 Å². The third kappa shape index (κ3) is 4.35. The lowest BCUT2D eigenvalue weighted by atomic mass is 9.90. The fourth-order valence-electron chi connectivity index (χ4n) is 3.06. The Morgan fingerprint density at radius 2 is 1.60 bits per heavy atom. The van der Waals surface area contributed by atoms with Crippen LogP contribution in [0.2, 0.25) is 0 Å². The smallest absolute Gasteiger partial charge is 0.410 e. The summed E-state index contributed by atoms with van der Waals surface area (Å²) in [5, 5.41) is 0. The minimum atomic E-state index is -0.409. The van der Waals surface area contributed by atoms with Crippen LogP contribution >= 0.6 is 0 Å². The molecule has 1 saturated heterocycles. The summed E-state index contributed by atoms with van der Waals surface area (Å²) in [6.07, 6.45) is 4.50. The molecular weight excluding hydrogens is 254 g/mol. The summed E-state index contributed by atoms with van der Waals surface area (Å²) in [6, 6.07) is 1.06. The van der Waals surface area contributed by atoms with Gasteiger partial charge in [-0.1, -0.05) is 0 Å². The van der Waals surface area contributed by atoms with Crippen LogP contribution < -0.4 is 5.73 Å². The largest absolute Gasteiger partial charge is 0.444 e. The summed E-state index contributed by atoms with van der Waals surface area (Å²) in [5.74, 6) is 0. The maximum absolute atomic E-state index is 12.0. The number of ether oxygens (including phenoxy) is 1. The van der Waals surface area contributed by atoms with Gasteiger partial charge in [0.25, 0.3) is 0 Å². The van der Waals surface area contributed by atoms with Gasteiger partial charge in [0.05, 0.1) is 0 Å². The van der Waals surface area contributed by atoms with Gasteiger partial charge in [0.2, 0.25) is 0 Å². The maximum Gasteiger partial charge on any atom is 0.410 e. The fraction of sp³-hybridized carbons (Fsp3) is 0.933. The highest BCUT2D eigenvalue weighted by Gasteiger charge is 2.30. The number of nitrogens with two attached hydrogens (primary N) is 1. The number of piperazine rings is 1. The fourth-order valence-corrected chi connectivity index (χ4v) is 3.06. The topological polar surface area (TPSA) is 58.8 Å². The molecule has 20 heavy (non-hydrogen) atoms. The van der Waals surface area contributed by atoms with Crippen molar-refractivity contribution in [1.29, 1.82) is 0 Å². The van der Waals surface area contributed by atoms with E-state index in [2.05, 4.69) is 4.90 Å². The van der Waals surface area contributed by atoms with Crippen molar-refractivity contribution in [3.8, 4) is 0 Å². The molecule has 116 valence electrons. The van der Waals surface area contributed by atoms with Crippen molar-refractivity contribution in [3.05, 3.63) is 0 Å². The Kier molecular flexibility index (Phi) is 4.91. The lowest BCUT2D eigenvalue weighted by Crippen LogP contribution is -2.53. The number of carbonyl (C=O) groups is 1. The van der Waals surface area contributed by atoms with Crippen LogP contribution in [-0.2, 0) is 4.74 Å². The van der Waals surface area contributed by atoms with E-state index in [1.54, 1.807) is 0 Å². The first kappa shape index (κ1) is 15.6. The molecule has 2 N–H and O–H groups in total. The van der Waals surface area contributed by atoms with Gasteiger partial charge in [0.1, 0.15) is 5.60 Å². The predicted molar refractivity (Wildman–Crippen MR) is 79.6 cm³/mol. The molecule has 5 heteroatoms. The Morgan fingerprint density at radius 3 is 2.10 bits per heavy atom. The zero-order valence-corrected chi connectivity index (χ0v) is 13.1. The first-order valence-corrected chi connectivity index (χ1v) is 7.83. The molecule has 2 rings (SSSR count). The van der Waals surface area contributed by atoms with Crippen LogP contribution in [0.25, 0.3) is 0 Å². The van der Waals surface area contributed by atoms with Crippen molar-refractivity contribution in [2.24, 2.45) is 5.73 Å². The number of nitrogens with zero attached hydrogens (tertiary/aromatic N) is 2. The molecule has 0 unspecified atom stereocenters.